The van der Waals surface area contributed by atoms with Crippen molar-refractivity contribution in [3.63, 3.8) is 0 Å². The van der Waals surface area contributed by atoms with Gasteiger partial charge in [0.25, 0.3) is 0 Å². The Bertz CT molecular complexity index is 298. The molecule has 1 aromatic rings. The molecule has 0 N–H and O–H groups in total. The van der Waals surface area contributed by atoms with E-state index in [1.165, 1.54) is 0 Å². The van der Waals surface area contributed by atoms with Gasteiger partial charge >= 0.3 is 0 Å². The van der Waals surface area contributed by atoms with Gasteiger partial charge in [-0.2, -0.15) is 0 Å². The van der Waals surface area contributed by atoms with Gasteiger partial charge in [-0.25, -0.2) is 4.39 Å². The van der Waals surface area contributed by atoms with Gasteiger partial charge in [0.15, 0.2) is 0 Å². The van der Waals surface area contributed by atoms with Crippen LogP contribution in [0.2, 0.25) is 0 Å². The van der Waals surface area contributed by atoms with Gasteiger partial charge in [0.05, 0.1) is 4.83 Å². The molecule has 1 fully saturated rings. The first-order valence-electron chi connectivity index (χ1n) is 5.12. The largest absolute Gasteiger partial charge is 0.237 e. The lowest BCUT2D eigenvalue weighted by molar-refractivity contribution is 0.117. The van der Waals surface area contributed by atoms with Gasteiger partial charge in [-0.15, -0.1) is 0 Å². The van der Waals surface area contributed by atoms with Crippen LogP contribution < -0.4 is 0 Å². The summed E-state index contributed by atoms with van der Waals surface area (Å²) in [5.41, 5.74) is -0.332. The SMILES string of the molecule is F[C@@]1(c2ccccc2)CCCC[C@@H]1Br. The van der Waals surface area contributed by atoms with Gasteiger partial charge in [-0.1, -0.05) is 52.7 Å². The third-order valence-electron chi connectivity index (χ3n) is 3.00. The van der Waals surface area contributed by atoms with Crippen molar-refractivity contribution in [2.24, 2.45) is 0 Å². The van der Waals surface area contributed by atoms with Crippen LogP contribution >= 0.6 is 15.9 Å². The van der Waals surface area contributed by atoms with E-state index >= 15 is 0 Å². The Labute approximate surface area is 92.6 Å². The van der Waals surface area contributed by atoms with Crippen molar-refractivity contribution in [1.82, 2.24) is 0 Å². The highest BCUT2D eigenvalue weighted by Crippen LogP contribution is 2.44. The summed E-state index contributed by atoms with van der Waals surface area (Å²) in [6, 6.07) is 9.52. The second kappa shape index (κ2) is 4.01. The van der Waals surface area contributed by atoms with Crippen LogP contribution in [-0.4, -0.2) is 4.83 Å². The molecule has 0 bridgehead atoms. The standard InChI is InChI=1S/C12H14BrF/c13-11-8-4-5-9-12(11,14)10-6-2-1-3-7-10/h1-3,6-7,11H,4-5,8-9H2/t11-,12+/m0/s1. The number of hydrogen-bond acceptors (Lipinski definition) is 0. The van der Waals surface area contributed by atoms with Crippen LogP contribution in [0.3, 0.4) is 0 Å². The lowest BCUT2D eigenvalue weighted by Crippen LogP contribution is -2.34. The third-order valence-corrected chi connectivity index (χ3v) is 4.18. The zero-order valence-corrected chi connectivity index (χ0v) is 9.63. The Kier molecular flexibility index (Phi) is 2.91. The summed E-state index contributed by atoms with van der Waals surface area (Å²) >= 11 is 3.47. The van der Waals surface area contributed by atoms with Crippen LogP contribution in [0.5, 0.6) is 0 Å². The van der Waals surface area contributed by atoms with Gasteiger partial charge < -0.3 is 0 Å². The molecule has 2 atom stereocenters. The number of alkyl halides is 2. The van der Waals surface area contributed by atoms with Crippen molar-refractivity contribution in [1.29, 1.82) is 0 Å². The van der Waals surface area contributed by atoms with E-state index in [0.29, 0.717) is 6.42 Å². The molecule has 1 aliphatic rings. The Balaban J connectivity index is 2.30. The van der Waals surface area contributed by atoms with E-state index < -0.39 is 5.67 Å². The molecule has 14 heavy (non-hydrogen) atoms. The third kappa shape index (κ3) is 1.72. The van der Waals surface area contributed by atoms with Crippen LogP contribution in [0.4, 0.5) is 4.39 Å². The molecule has 0 heterocycles. The lowest BCUT2D eigenvalue weighted by atomic mass is 9.81. The molecule has 76 valence electrons. The fourth-order valence-electron chi connectivity index (χ4n) is 2.13. The Morgan fingerprint density at radius 2 is 1.93 bits per heavy atom. The molecule has 1 aliphatic carbocycles. The highest BCUT2D eigenvalue weighted by Gasteiger charge is 2.40. The number of hydrogen-bond donors (Lipinski definition) is 0. The number of rotatable bonds is 1. The predicted molar refractivity (Wildman–Crippen MR) is 60.4 cm³/mol. The molecular formula is C12H14BrF. The molecule has 0 aliphatic heterocycles. The maximum absolute atomic E-state index is 14.7. The van der Waals surface area contributed by atoms with E-state index in [0.717, 1.165) is 24.8 Å². The van der Waals surface area contributed by atoms with Gasteiger partial charge in [0.2, 0.25) is 0 Å². The van der Waals surface area contributed by atoms with Gasteiger partial charge in [-0.05, 0) is 24.8 Å². The second-order valence-corrected chi connectivity index (χ2v) is 5.05. The zero-order chi connectivity index (χ0) is 10.0. The molecule has 0 saturated heterocycles. The second-order valence-electron chi connectivity index (χ2n) is 3.94. The summed E-state index contributed by atoms with van der Waals surface area (Å²) < 4.78 is 14.7. The topological polar surface area (TPSA) is 0 Å². The molecule has 0 radical (unpaired) electrons. The quantitative estimate of drug-likeness (QED) is 0.662. The molecule has 1 saturated carbocycles. The molecule has 2 heteroatoms. The van der Waals surface area contributed by atoms with Crippen molar-refractivity contribution in [2.45, 2.75) is 36.2 Å². The maximum atomic E-state index is 14.7. The normalized spacial score (nSPS) is 32.9. The fourth-order valence-corrected chi connectivity index (χ4v) is 2.95. The molecule has 2 rings (SSSR count). The van der Waals surface area contributed by atoms with E-state index in [2.05, 4.69) is 15.9 Å². The molecule has 0 amide bonds. The molecule has 1 aromatic carbocycles. The lowest BCUT2D eigenvalue weighted by Gasteiger charge is -2.34. The van der Waals surface area contributed by atoms with E-state index in [1.54, 1.807) is 0 Å². The first-order chi connectivity index (χ1) is 6.73. The summed E-state index contributed by atoms with van der Waals surface area (Å²) in [7, 11) is 0. The molecule has 0 spiro atoms. The van der Waals surface area contributed by atoms with Gasteiger partial charge in [-0.3, -0.25) is 0 Å². The predicted octanol–water partition coefficient (Wildman–Crippen LogP) is 4.19. The first kappa shape index (κ1) is 10.2. The molecule has 0 nitrogen and oxygen atoms in total. The number of halogens is 2. The minimum absolute atomic E-state index is 0.0221. The Hall–Kier alpha value is -0.370. The Morgan fingerprint density at radius 3 is 2.57 bits per heavy atom. The highest BCUT2D eigenvalue weighted by atomic mass is 79.9. The van der Waals surface area contributed by atoms with E-state index in [-0.39, 0.29) is 4.83 Å². The summed E-state index contributed by atoms with van der Waals surface area (Å²) in [5, 5.41) is 0. The van der Waals surface area contributed by atoms with Crippen LogP contribution in [0.25, 0.3) is 0 Å². The zero-order valence-electron chi connectivity index (χ0n) is 8.05. The molecular weight excluding hydrogens is 243 g/mol. The minimum atomic E-state index is -1.15. The van der Waals surface area contributed by atoms with Crippen LogP contribution in [0, 0.1) is 0 Å². The Morgan fingerprint density at radius 1 is 1.21 bits per heavy atom. The first-order valence-corrected chi connectivity index (χ1v) is 6.03. The van der Waals surface area contributed by atoms with E-state index in [9.17, 15) is 4.39 Å². The van der Waals surface area contributed by atoms with Crippen LogP contribution in [0.15, 0.2) is 30.3 Å². The van der Waals surface area contributed by atoms with E-state index in [4.69, 9.17) is 0 Å². The summed E-state index contributed by atoms with van der Waals surface area (Å²) in [6.07, 6.45) is 3.71. The summed E-state index contributed by atoms with van der Waals surface area (Å²) in [5.74, 6) is 0. The average Bonchev–Trinajstić information content (AvgIpc) is 2.24. The summed E-state index contributed by atoms with van der Waals surface area (Å²) in [6.45, 7) is 0. The van der Waals surface area contributed by atoms with Crippen molar-refractivity contribution >= 4 is 15.9 Å². The van der Waals surface area contributed by atoms with Crippen molar-refractivity contribution < 1.29 is 4.39 Å². The monoisotopic (exact) mass is 256 g/mol. The van der Waals surface area contributed by atoms with Gasteiger partial charge in [0.1, 0.15) is 5.67 Å². The fraction of sp³-hybridized carbons (Fsp3) is 0.500. The van der Waals surface area contributed by atoms with Crippen LogP contribution in [0.1, 0.15) is 31.2 Å². The number of benzene rings is 1. The van der Waals surface area contributed by atoms with Gasteiger partial charge in [0, 0.05) is 0 Å². The molecule has 0 unspecified atom stereocenters. The van der Waals surface area contributed by atoms with Crippen molar-refractivity contribution in [3.05, 3.63) is 35.9 Å². The van der Waals surface area contributed by atoms with Crippen molar-refractivity contribution in [2.75, 3.05) is 0 Å². The highest BCUT2D eigenvalue weighted by molar-refractivity contribution is 9.09. The summed E-state index contributed by atoms with van der Waals surface area (Å²) in [4.78, 5) is -0.0221. The van der Waals surface area contributed by atoms with Crippen LogP contribution in [-0.2, 0) is 5.67 Å². The smallest absolute Gasteiger partial charge is 0.148 e. The maximum Gasteiger partial charge on any atom is 0.148 e. The van der Waals surface area contributed by atoms with E-state index in [1.807, 2.05) is 30.3 Å². The van der Waals surface area contributed by atoms with Crippen molar-refractivity contribution in [3.8, 4) is 0 Å². The minimum Gasteiger partial charge on any atom is -0.237 e. The average molecular weight is 257 g/mol. The molecule has 0 aromatic heterocycles.